The first-order valence-electron chi connectivity index (χ1n) is 4.17. The van der Waals surface area contributed by atoms with E-state index in [9.17, 15) is 8.42 Å². The molecule has 0 amide bonds. The predicted molar refractivity (Wildman–Crippen MR) is 60.1 cm³/mol. The summed E-state index contributed by atoms with van der Waals surface area (Å²) in [6, 6.07) is 7.67. The molecule has 0 N–H and O–H groups in total. The molecule has 5 heteroatoms. The molecule has 0 heterocycles. The van der Waals surface area contributed by atoms with E-state index in [1.807, 2.05) is 24.3 Å². The molecule has 1 fully saturated rings. The Morgan fingerprint density at radius 2 is 1.86 bits per heavy atom. The molecule has 2 rings (SSSR count). The second-order valence-corrected chi connectivity index (χ2v) is 7.17. The van der Waals surface area contributed by atoms with Crippen LogP contribution in [-0.2, 0) is 9.05 Å². The van der Waals surface area contributed by atoms with E-state index in [1.165, 1.54) is 0 Å². The van der Waals surface area contributed by atoms with Gasteiger partial charge >= 0.3 is 0 Å². The van der Waals surface area contributed by atoms with Gasteiger partial charge in [-0.3, -0.25) is 0 Å². The van der Waals surface area contributed by atoms with Gasteiger partial charge in [-0.05, 0) is 24.1 Å². The number of hydrogen-bond acceptors (Lipinski definition) is 2. The molecule has 1 aliphatic carbocycles. The summed E-state index contributed by atoms with van der Waals surface area (Å²) in [5.41, 5.74) is 1.04. The minimum atomic E-state index is -3.38. The molecule has 0 radical (unpaired) electrons. The molecular weight excluding hydrogens is 288 g/mol. The molecule has 0 aliphatic heterocycles. The van der Waals surface area contributed by atoms with E-state index in [0.717, 1.165) is 10.0 Å². The van der Waals surface area contributed by atoms with Crippen molar-refractivity contribution in [3.8, 4) is 0 Å². The lowest BCUT2D eigenvalue weighted by atomic mass is 10.1. The van der Waals surface area contributed by atoms with Gasteiger partial charge in [-0.25, -0.2) is 8.42 Å². The van der Waals surface area contributed by atoms with Gasteiger partial charge in [0.25, 0.3) is 0 Å². The molecule has 1 saturated carbocycles. The molecule has 0 bridgehead atoms. The van der Waals surface area contributed by atoms with Crippen LogP contribution in [0.1, 0.15) is 17.9 Å². The van der Waals surface area contributed by atoms with Gasteiger partial charge in [0.05, 0.1) is 5.25 Å². The van der Waals surface area contributed by atoms with E-state index in [-0.39, 0.29) is 11.2 Å². The molecule has 2 atom stereocenters. The number of rotatable bonds is 2. The fraction of sp³-hybridized carbons (Fsp3) is 0.333. The Labute approximate surface area is 95.8 Å². The highest BCUT2D eigenvalue weighted by atomic mass is 79.9. The molecule has 14 heavy (non-hydrogen) atoms. The average molecular weight is 296 g/mol. The van der Waals surface area contributed by atoms with E-state index in [4.69, 9.17) is 10.7 Å². The SMILES string of the molecule is O=S(=O)(Cl)[C@@H]1C[C@@H]1c1ccc(Br)cc1. The minimum absolute atomic E-state index is 0.0885. The summed E-state index contributed by atoms with van der Waals surface area (Å²) >= 11 is 3.33. The van der Waals surface area contributed by atoms with Crippen LogP contribution in [0.4, 0.5) is 0 Å². The van der Waals surface area contributed by atoms with E-state index < -0.39 is 9.05 Å². The standard InChI is InChI=1S/C9H8BrClO2S/c10-7-3-1-6(2-4-7)8-5-9(8)14(11,12)13/h1-4,8-9H,5H2/t8-,9-/m1/s1. The molecule has 0 unspecified atom stereocenters. The Bertz CT molecular complexity index is 440. The van der Waals surface area contributed by atoms with Crippen molar-refractivity contribution in [3.05, 3.63) is 34.3 Å². The van der Waals surface area contributed by atoms with Crippen LogP contribution in [0.3, 0.4) is 0 Å². The van der Waals surface area contributed by atoms with Crippen LogP contribution in [0.25, 0.3) is 0 Å². The van der Waals surface area contributed by atoms with Crippen LogP contribution in [0.15, 0.2) is 28.7 Å². The van der Waals surface area contributed by atoms with Gasteiger partial charge in [-0.2, -0.15) is 0 Å². The lowest BCUT2D eigenvalue weighted by Gasteiger charge is -1.98. The summed E-state index contributed by atoms with van der Waals surface area (Å²) in [6.07, 6.45) is 0.646. The Hall–Kier alpha value is -0.0600. The smallest absolute Gasteiger partial charge is 0.212 e. The fourth-order valence-electron chi connectivity index (χ4n) is 1.54. The van der Waals surface area contributed by atoms with Crippen LogP contribution in [-0.4, -0.2) is 13.7 Å². The van der Waals surface area contributed by atoms with Crippen LogP contribution in [0.5, 0.6) is 0 Å². The van der Waals surface area contributed by atoms with E-state index in [2.05, 4.69) is 15.9 Å². The van der Waals surface area contributed by atoms with Crippen molar-refractivity contribution < 1.29 is 8.42 Å². The third-order valence-corrected chi connectivity index (χ3v) is 4.85. The maximum absolute atomic E-state index is 11.0. The van der Waals surface area contributed by atoms with E-state index >= 15 is 0 Å². The lowest BCUT2D eigenvalue weighted by molar-refractivity contribution is 0.607. The minimum Gasteiger partial charge on any atom is -0.212 e. The lowest BCUT2D eigenvalue weighted by Crippen LogP contribution is -1.99. The molecule has 1 aromatic rings. The first-order chi connectivity index (χ1) is 6.48. The first kappa shape index (κ1) is 10.5. The number of halogens is 2. The molecule has 1 aromatic carbocycles. The molecule has 0 saturated heterocycles. The van der Waals surface area contributed by atoms with Crippen molar-refractivity contribution >= 4 is 35.7 Å². The van der Waals surface area contributed by atoms with Crippen molar-refractivity contribution in [2.75, 3.05) is 0 Å². The van der Waals surface area contributed by atoms with Crippen LogP contribution >= 0.6 is 26.6 Å². The zero-order valence-electron chi connectivity index (χ0n) is 7.15. The van der Waals surface area contributed by atoms with Crippen LogP contribution in [0, 0.1) is 0 Å². The highest BCUT2D eigenvalue weighted by molar-refractivity contribution is 9.10. The van der Waals surface area contributed by atoms with Crippen molar-refractivity contribution in [2.45, 2.75) is 17.6 Å². The molecule has 76 valence electrons. The van der Waals surface area contributed by atoms with E-state index in [1.54, 1.807) is 0 Å². The average Bonchev–Trinajstić information content (AvgIpc) is 2.83. The summed E-state index contributed by atoms with van der Waals surface area (Å²) in [6.45, 7) is 0. The van der Waals surface area contributed by atoms with Crippen LogP contribution in [0.2, 0.25) is 0 Å². The normalized spacial score (nSPS) is 26.1. The molecular formula is C9H8BrClO2S. The summed E-state index contributed by atoms with van der Waals surface area (Å²) in [7, 11) is 1.89. The van der Waals surface area contributed by atoms with Crippen molar-refractivity contribution in [1.82, 2.24) is 0 Å². The van der Waals surface area contributed by atoms with Crippen LogP contribution < -0.4 is 0 Å². The quantitative estimate of drug-likeness (QED) is 0.786. The fourth-order valence-corrected chi connectivity index (χ4v) is 3.39. The Morgan fingerprint density at radius 1 is 1.29 bits per heavy atom. The maximum Gasteiger partial charge on any atom is 0.236 e. The highest BCUT2D eigenvalue weighted by Gasteiger charge is 2.47. The highest BCUT2D eigenvalue weighted by Crippen LogP contribution is 2.47. The third kappa shape index (κ3) is 2.12. The number of benzene rings is 1. The summed E-state index contributed by atoms with van der Waals surface area (Å²) in [5.74, 6) is 0.0885. The molecule has 2 nitrogen and oxygen atoms in total. The Kier molecular flexibility index (Phi) is 2.62. The molecule has 0 spiro atoms. The summed E-state index contributed by atoms with van der Waals surface area (Å²) in [5, 5.41) is -0.384. The molecule has 0 aromatic heterocycles. The van der Waals surface area contributed by atoms with Gasteiger partial charge in [0, 0.05) is 21.1 Å². The zero-order chi connectivity index (χ0) is 10.3. The second-order valence-electron chi connectivity index (χ2n) is 3.41. The van der Waals surface area contributed by atoms with Gasteiger partial charge in [0.2, 0.25) is 9.05 Å². The molecule has 1 aliphatic rings. The Balaban J connectivity index is 2.18. The third-order valence-electron chi connectivity index (χ3n) is 2.39. The van der Waals surface area contributed by atoms with Gasteiger partial charge < -0.3 is 0 Å². The Morgan fingerprint density at radius 3 is 2.29 bits per heavy atom. The summed E-state index contributed by atoms with van der Waals surface area (Å²) in [4.78, 5) is 0. The van der Waals surface area contributed by atoms with Gasteiger partial charge in [-0.15, -0.1) is 0 Å². The first-order valence-corrected chi connectivity index (χ1v) is 7.34. The maximum atomic E-state index is 11.0. The van der Waals surface area contributed by atoms with Crippen molar-refractivity contribution in [2.24, 2.45) is 0 Å². The van der Waals surface area contributed by atoms with Crippen molar-refractivity contribution in [1.29, 1.82) is 0 Å². The topological polar surface area (TPSA) is 34.1 Å². The largest absolute Gasteiger partial charge is 0.236 e. The van der Waals surface area contributed by atoms with Gasteiger partial charge in [0.15, 0.2) is 0 Å². The van der Waals surface area contributed by atoms with Gasteiger partial charge in [-0.1, -0.05) is 28.1 Å². The number of hydrogen-bond donors (Lipinski definition) is 0. The monoisotopic (exact) mass is 294 g/mol. The summed E-state index contributed by atoms with van der Waals surface area (Å²) < 4.78 is 23.0. The van der Waals surface area contributed by atoms with Gasteiger partial charge in [0.1, 0.15) is 0 Å². The second kappa shape index (κ2) is 3.51. The predicted octanol–water partition coefficient (Wildman–Crippen LogP) is 2.87. The zero-order valence-corrected chi connectivity index (χ0v) is 10.3. The van der Waals surface area contributed by atoms with Crippen molar-refractivity contribution in [3.63, 3.8) is 0 Å². The van der Waals surface area contributed by atoms with E-state index in [0.29, 0.717) is 6.42 Å².